The Morgan fingerprint density at radius 1 is 1.06 bits per heavy atom. The van der Waals surface area contributed by atoms with Gasteiger partial charge in [-0.1, -0.05) is 27.7 Å². The molecule has 1 fully saturated rings. The van der Waals surface area contributed by atoms with Crippen molar-refractivity contribution >= 4 is 0 Å². The van der Waals surface area contributed by atoms with Crippen molar-refractivity contribution in [2.45, 2.75) is 78.5 Å². The van der Waals surface area contributed by atoms with Gasteiger partial charge < -0.3 is 10.1 Å². The fourth-order valence-corrected chi connectivity index (χ4v) is 2.85. The van der Waals surface area contributed by atoms with E-state index < -0.39 is 0 Å². The maximum Gasteiger partial charge on any atom is 0.0726 e. The van der Waals surface area contributed by atoms with Gasteiger partial charge in [0.1, 0.15) is 0 Å². The lowest BCUT2D eigenvalue weighted by molar-refractivity contribution is 0.0772. The van der Waals surface area contributed by atoms with Gasteiger partial charge >= 0.3 is 0 Å². The Hall–Kier alpha value is -0.0800. The van der Waals surface area contributed by atoms with E-state index in [4.69, 9.17) is 4.74 Å². The highest BCUT2D eigenvalue weighted by Crippen LogP contribution is 2.19. The van der Waals surface area contributed by atoms with E-state index in [9.17, 15) is 0 Å². The van der Waals surface area contributed by atoms with Gasteiger partial charge in [0.2, 0.25) is 0 Å². The lowest BCUT2D eigenvalue weighted by Gasteiger charge is -2.29. The number of nitrogens with one attached hydrogen (secondary N) is 1. The van der Waals surface area contributed by atoms with Crippen molar-refractivity contribution < 1.29 is 4.74 Å². The number of rotatable bonds is 7. The summed E-state index contributed by atoms with van der Waals surface area (Å²) >= 11 is 0. The molecule has 2 unspecified atom stereocenters. The van der Waals surface area contributed by atoms with Crippen molar-refractivity contribution in [3.05, 3.63) is 0 Å². The fourth-order valence-electron chi connectivity index (χ4n) is 2.85. The smallest absolute Gasteiger partial charge is 0.0726 e. The third-order valence-corrected chi connectivity index (χ3v) is 3.53. The average molecular weight is 241 g/mol. The van der Waals surface area contributed by atoms with Crippen LogP contribution in [-0.2, 0) is 4.74 Å². The molecule has 102 valence electrons. The Labute approximate surface area is 108 Å². The Kier molecular flexibility index (Phi) is 6.50. The molecule has 0 aromatic heterocycles. The van der Waals surface area contributed by atoms with Crippen LogP contribution in [0.1, 0.15) is 60.3 Å². The second-order valence-electron chi connectivity index (χ2n) is 6.46. The normalized spacial score (nSPS) is 22.9. The first kappa shape index (κ1) is 15.0. The SMILES string of the molecule is CC(C)CC(CC(C)C)NC(C)C1CCCO1. The Balaban J connectivity index is 2.40. The maximum absolute atomic E-state index is 5.76. The zero-order valence-electron chi connectivity index (χ0n) is 12.3. The molecular formula is C15H31NO. The summed E-state index contributed by atoms with van der Waals surface area (Å²) in [7, 11) is 0. The molecule has 17 heavy (non-hydrogen) atoms. The molecule has 1 aliphatic heterocycles. The summed E-state index contributed by atoms with van der Waals surface area (Å²) in [6.45, 7) is 12.5. The van der Waals surface area contributed by atoms with Crippen LogP contribution in [0.5, 0.6) is 0 Å². The first-order valence-corrected chi connectivity index (χ1v) is 7.36. The minimum absolute atomic E-state index is 0.442. The third kappa shape index (κ3) is 5.87. The molecular weight excluding hydrogens is 210 g/mol. The van der Waals surface area contributed by atoms with Gasteiger partial charge in [-0.25, -0.2) is 0 Å². The van der Waals surface area contributed by atoms with Crippen molar-refractivity contribution in [3.63, 3.8) is 0 Å². The summed E-state index contributed by atoms with van der Waals surface area (Å²) in [6.07, 6.45) is 5.45. The van der Waals surface area contributed by atoms with Gasteiger partial charge in [0.25, 0.3) is 0 Å². The Morgan fingerprint density at radius 2 is 1.65 bits per heavy atom. The summed E-state index contributed by atoms with van der Waals surface area (Å²) in [5, 5.41) is 3.80. The van der Waals surface area contributed by atoms with Gasteiger partial charge in [0.15, 0.2) is 0 Å². The van der Waals surface area contributed by atoms with Crippen LogP contribution in [0.4, 0.5) is 0 Å². The van der Waals surface area contributed by atoms with Gasteiger partial charge in [-0.15, -0.1) is 0 Å². The lowest BCUT2D eigenvalue weighted by atomic mass is 9.94. The Bertz CT molecular complexity index is 187. The van der Waals surface area contributed by atoms with Gasteiger partial charge in [-0.2, -0.15) is 0 Å². The highest BCUT2D eigenvalue weighted by Gasteiger charge is 2.24. The quantitative estimate of drug-likeness (QED) is 0.735. The number of hydrogen-bond donors (Lipinski definition) is 1. The van der Waals surface area contributed by atoms with E-state index in [0.29, 0.717) is 18.2 Å². The molecule has 0 amide bonds. The van der Waals surface area contributed by atoms with Gasteiger partial charge in [-0.05, 0) is 44.4 Å². The number of hydrogen-bond acceptors (Lipinski definition) is 2. The summed E-state index contributed by atoms with van der Waals surface area (Å²) < 4.78 is 5.76. The molecule has 0 bridgehead atoms. The monoisotopic (exact) mass is 241 g/mol. The largest absolute Gasteiger partial charge is 0.377 e. The zero-order valence-corrected chi connectivity index (χ0v) is 12.3. The highest BCUT2D eigenvalue weighted by atomic mass is 16.5. The van der Waals surface area contributed by atoms with Crippen LogP contribution in [-0.4, -0.2) is 24.8 Å². The van der Waals surface area contributed by atoms with Gasteiger partial charge in [-0.3, -0.25) is 0 Å². The van der Waals surface area contributed by atoms with E-state index in [1.807, 2.05) is 0 Å². The van der Waals surface area contributed by atoms with Crippen molar-refractivity contribution in [2.75, 3.05) is 6.61 Å². The molecule has 0 aromatic rings. The summed E-state index contributed by atoms with van der Waals surface area (Å²) in [5.74, 6) is 1.53. The molecule has 2 heteroatoms. The molecule has 1 heterocycles. The molecule has 0 spiro atoms. The zero-order chi connectivity index (χ0) is 12.8. The van der Waals surface area contributed by atoms with Crippen molar-refractivity contribution in [3.8, 4) is 0 Å². The van der Waals surface area contributed by atoms with Gasteiger partial charge in [0, 0.05) is 18.7 Å². The number of ether oxygens (including phenoxy) is 1. The topological polar surface area (TPSA) is 21.3 Å². The summed E-state index contributed by atoms with van der Waals surface area (Å²) in [4.78, 5) is 0. The highest BCUT2D eigenvalue weighted by molar-refractivity contribution is 4.81. The molecule has 2 atom stereocenters. The first-order chi connectivity index (χ1) is 7.99. The molecule has 1 rings (SSSR count). The molecule has 0 aliphatic carbocycles. The second-order valence-corrected chi connectivity index (χ2v) is 6.46. The van der Waals surface area contributed by atoms with E-state index in [1.54, 1.807) is 0 Å². The standard InChI is InChI=1S/C15H31NO/c1-11(2)9-14(10-12(3)4)16-13(5)15-7-6-8-17-15/h11-16H,6-10H2,1-5H3. The molecule has 1 N–H and O–H groups in total. The van der Waals surface area contributed by atoms with Crippen LogP contribution in [0, 0.1) is 11.8 Å². The lowest BCUT2D eigenvalue weighted by Crippen LogP contribution is -2.44. The van der Waals surface area contributed by atoms with Crippen molar-refractivity contribution in [1.29, 1.82) is 0 Å². The molecule has 1 aliphatic rings. The van der Waals surface area contributed by atoms with Crippen LogP contribution in [0.2, 0.25) is 0 Å². The third-order valence-electron chi connectivity index (χ3n) is 3.53. The predicted octanol–water partition coefficient (Wildman–Crippen LogP) is 3.60. The van der Waals surface area contributed by atoms with E-state index in [1.165, 1.54) is 25.7 Å². The van der Waals surface area contributed by atoms with Crippen LogP contribution >= 0.6 is 0 Å². The molecule has 0 saturated carbocycles. The maximum atomic E-state index is 5.76. The Morgan fingerprint density at radius 3 is 2.06 bits per heavy atom. The van der Waals surface area contributed by atoms with E-state index in [0.717, 1.165) is 18.4 Å². The van der Waals surface area contributed by atoms with Crippen LogP contribution in [0.25, 0.3) is 0 Å². The average Bonchev–Trinajstić information content (AvgIpc) is 2.67. The predicted molar refractivity (Wildman–Crippen MR) is 74.3 cm³/mol. The molecule has 0 radical (unpaired) electrons. The summed E-state index contributed by atoms with van der Waals surface area (Å²) in [6, 6.07) is 1.15. The molecule has 2 nitrogen and oxygen atoms in total. The second kappa shape index (κ2) is 7.38. The minimum atomic E-state index is 0.442. The van der Waals surface area contributed by atoms with Gasteiger partial charge in [0.05, 0.1) is 6.10 Å². The summed E-state index contributed by atoms with van der Waals surface area (Å²) in [5.41, 5.74) is 0. The van der Waals surface area contributed by atoms with Crippen molar-refractivity contribution in [1.82, 2.24) is 5.32 Å². The van der Waals surface area contributed by atoms with Crippen LogP contribution in [0.15, 0.2) is 0 Å². The fraction of sp³-hybridized carbons (Fsp3) is 1.00. The van der Waals surface area contributed by atoms with E-state index in [2.05, 4.69) is 39.9 Å². The minimum Gasteiger partial charge on any atom is -0.377 e. The van der Waals surface area contributed by atoms with E-state index in [-0.39, 0.29) is 0 Å². The van der Waals surface area contributed by atoms with E-state index >= 15 is 0 Å². The van der Waals surface area contributed by atoms with Crippen LogP contribution in [0.3, 0.4) is 0 Å². The molecule has 1 saturated heterocycles. The van der Waals surface area contributed by atoms with Crippen molar-refractivity contribution in [2.24, 2.45) is 11.8 Å². The first-order valence-electron chi connectivity index (χ1n) is 7.36. The molecule has 0 aromatic carbocycles. The van der Waals surface area contributed by atoms with Crippen LogP contribution < -0.4 is 5.32 Å².